The second kappa shape index (κ2) is 11.0. The molecule has 1 N–H and O–H groups in total. The summed E-state index contributed by atoms with van der Waals surface area (Å²) in [5.74, 6) is 0.844. The van der Waals surface area contributed by atoms with Crippen LogP contribution in [0.4, 0.5) is 10.5 Å². The van der Waals surface area contributed by atoms with Crippen molar-refractivity contribution in [1.29, 1.82) is 0 Å². The van der Waals surface area contributed by atoms with Gasteiger partial charge in [0.05, 0.1) is 13.2 Å². The highest BCUT2D eigenvalue weighted by Gasteiger charge is 2.21. The number of morpholine rings is 1. The lowest BCUT2D eigenvalue weighted by Gasteiger charge is -2.36. The van der Waals surface area contributed by atoms with Crippen LogP contribution in [-0.4, -0.2) is 81.5 Å². The zero-order valence-electron chi connectivity index (χ0n) is 18.0. The van der Waals surface area contributed by atoms with E-state index in [0.717, 1.165) is 70.3 Å². The molecule has 31 heavy (non-hydrogen) atoms. The third-order valence-electron chi connectivity index (χ3n) is 5.81. The standard InChI is InChI=1S/C24H32N4O3/c29-24(28-11-9-27(10-12-28)22-6-2-1-3-7-22)25-20-21-5-4-8-23(19-21)31-18-15-26-13-16-30-17-14-26/h1-8,19H,9-18,20H2,(H,25,29). The van der Waals surface area contributed by atoms with E-state index >= 15 is 0 Å². The molecule has 0 unspecified atom stereocenters. The van der Waals surface area contributed by atoms with Crippen molar-refractivity contribution in [2.45, 2.75) is 6.54 Å². The summed E-state index contributed by atoms with van der Waals surface area (Å²) in [5.41, 5.74) is 2.26. The fourth-order valence-corrected chi connectivity index (χ4v) is 3.96. The number of rotatable bonds is 7. The van der Waals surface area contributed by atoms with Crippen LogP contribution in [0.1, 0.15) is 5.56 Å². The Hall–Kier alpha value is -2.77. The molecule has 0 aliphatic carbocycles. The Bertz CT molecular complexity index is 819. The van der Waals surface area contributed by atoms with Crippen molar-refractivity contribution in [3.05, 3.63) is 60.2 Å². The van der Waals surface area contributed by atoms with E-state index in [1.54, 1.807) is 0 Å². The van der Waals surface area contributed by atoms with Gasteiger partial charge in [-0.05, 0) is 29.8 Å². The Labute approximate surface area is 184 Å². The number of nitrogens with zero attached hydrogens (tertiary/aromatic N) is 3. The molecule has 2 fully saturated rings. The van der Waals surface area contributed by atoms with Crippen LogP contribution in [0.2, 0.25) is 0 Å². The van der Waals surface area contributed by atoms with Crippen molar-refractivity contribution < 1.29 is 14.3 Å². The van der Waals surface area contributed by atoms with Crippen molar-refractivity contribution in [3.8, 4) is 5.75 Å². The number of carbonyl (C=O) groups is 1. The van der Waals surface area contributed by atoms with E-state index in [4.69, 9.17) is 9.47 Å². The van der Waals surface area contributed by atoms with E-state index < -0.39 is 0 Å². The van der Waals surface area contributed by atoms with E-state index in [1.807, 2.05) is 35.2 Å². The third kappa shape index (κ3) is 6.35. The molecule has 0 radical (unpaired) electrons. The van der Waals surface area contributed by atoms with Crippen molar-refractivity contribution in [3.63, 3.8) is 0 Å². The Morgan fingerprint density at radius 1 is 0.935 bits per heavy atom. The van der Waals surface area contributed by atoms with Crippen molar-refractivity contribution in [1.82, 2.24) is 15.1 Å². The van der Waals surface area contributed by atoms with E-state index in [-0.39, 0.29) is 6.03 Å². The molecule has 2 saturated heterocycles. The quantitative estimate of drug-likeness (QED) is 0.740. The van der Waals surface area contributed by atoms with Gasteiger partial charge in [0.1, 0.15) is 12.4 Å². The maximum atomic E-state index is 12.6. The van der Waals surface area contributed by atoms with E-state index in [0.29, 0.717) is 13.2 Å². The zero-order valence-corrected chi connectivity index (χ0v) is 18.0. The minimum absolute atomic E-state index is 0.00801. The molecule has 0 spiro atoms. The summed E-state index contributed by atoms with van der Waals surface area (Å²) in [5, 5.41) is 3.05. The molecule has 7 nitrogen and oxygen atoms in total. The first-order valence-electron chi connectivity index (χ1n) is 11.1. The summed E-state index contributed by atoms with van der Waals surface area (Å²) in [7, 11) is 0. The normalized spacial score (nSPS) is 17.4. The Kier molecular flexibility index (Phi) is 7.63. The lowest BCUT2D eigenvalue weighted by atomic mass is 10.2. The van der Waals surface area contributed by atoms with Gasteiger partial charge in [0, 0.05) is 58.0 Å². The molecule has 166 valence electrons. The molecule has 2 aliphatic heterocycles. The number of amides is 2. The molecule has 0 saturated carbocycles. The lowest BCUT2D eigenvalue weighted by Crippen LogP contribution is -2.51. The number of ether oxygens (including phenoxy) is 2. The predicted octanol–water partition coefficient (Wildman–Crippen LogP) is 2.43. The Morgan fingerprint density at radius 2 is 1.71 bits per heavy atom. The van der Waals surface area contributed by atoms with Gasteiger partial charge in [-0.15, -0.1) is 0 Å². The van der Waals surface area contributed by atoms with Crippen LogP contribution in [-0.2, 0) is 11.3 Å². The van der Waals surface area contributed by atoms with E-state index in [2.05, 4.69) is 39.4 Å². The highest BCUT2D eigenvalue weighted by atomic mass is 16.5. The maximum Gasteiger partial charge on any atom is 0.317 e. The van der Waals surface area contributed by atoms with Gasteiger partial charge in [-0.3, -0.25) is 4.90 Å². The largest absolute Gasteiger partial charge is 0.492 e. The van der Waals surface area contributed by atoms with Gasteiger partial charge >= 0.3 is 6.03 Å². The SMILES string of the molecule is O=C(NCc1cccc(OCCN2CCOCC2)c1)N1CCN(c2ccccc2)CC1. The van der Waals surface area contributed by atoms with Gasteiger partial charge in [0.25, 0.3) is 0 Å². The summed E-state index contributed by atoms with van der Waals surface area (Å²) >= 11 is 0. The van der Waals surface area contributed by atoms with Gasteiger partial charge < -0.3 is 24.6 Å². The third-order valence-corrected chi connectivity index (χ3v) is 5.81. The zero-order chi connectivity index (χ0) is 21.3. The number of carbonyl (C=O) groups excluding carboxylic acids is 1. The molecule has 2 heterocycles. The fraction of sp³-hybridized carbons (Fsp3) is 0.458. The number of anilines is 1. The molecule has 2 amide bonds. The summed E-state index contributed by atoms with van der Waals surface area (Å²) < 4.78 is 11.3. The van der Waals surface area contributed by atoms with Crippen molar-refractivity contribution in [2.24, 2.45) is 0 Å². The molecule has 4 rings (SSSR count). The molecular formula is C24H32N4O3. The number of para-hydroxylation sites is 1. The van der Waals surface area contributed by atoms with Crippen LogP contribution in [0.3, 0.4) is 0 Å². The average molecular weight is 425 g/mol. The fourth-order valence-electron chi connectivity index (χ4n) is 3.96. The summed E-state index contributed by atoms with van der Waals surface area (Å²) in [4.78, 5) is 19.2. The number of benzene rings is 2. The molecule has 2 aliphatic rings. The second-order valence-corrected chi connectivity index (χ2v) is 7.92. The maximum absolute atomic E-state index is 12.6. The number of hydrogen-bond acceptors (Lipinski definition) is 5. The van der Waals surface area contributed by atoms with Gasteiger partial charge in [0.2, 0.25) is 0 Å². The Morgan fingerprint density at radius 3 is 2.48 bits per heavy atom. The molecule has 0 aromatic heterocycles. The molecule has 0 bridgehead atoms. The number of piperazine rings is 1. The average Bonchev–Trinajstić information content (AvgIpc) is 2.84. The van der Waals surface area contributed by atoms with Crippen LogP contribution in [0.5, 0.6) is 5.75 Å². The molecular weight excluding hydrogens is 392 g/mol. The molecule has 0 atom stereocenters. The van der Waals surface area contributed by atoms with Gasteiger partial charge in [-0.1, -0.05) is 30.3 Å². The first-order valence-corrected chi connectivity index (χ1v) is 11.1. The predicted molar refractivity (Wildman–Crippen MR) is 122 cm³/mol. The second-order valence-electron chi connectivity index (χ2n) is 7.92. The lowest BCUT2D eigenvalue weighted by molar-refractivity contribution is 0.0322. The molecule has 7 heteroatoms. The summed E-state index contributed by atoms with van der Waals surface area (Å²) in [6.45, 7) is 8.75. The smallest absolute Gasteiger partial charge is 0.317 e. The van der Waals surface area contributed by atoms with Crippen molar-refractivity contribution >= 4 is 11.7 Å². The first-order chi connectivity index (χ1) is 15.3. The monoisotopic (exact) mass is 424 g/mol. The molecule has 2 aromatic rings. The van der Waals surface area contributed by atoms with Crippen molar-refractivity contribution in [2.75, 3.05) is 70.5 Å². The van der Waals surface area contributed by atoms with Gasteiger partial charge in [-0.2, -0.15) is 0 Å². The van der Waals surface area contributed by atoms with Crippen LogP contribution in [0.25, 0.3) is 0 Å². The van der Waals surface area contributed by atoms with Gasteiger partial charge in [-0.25, -0.2) is 4.79 Å². The summed E-state index contributed by atoms with van der Waals surface area (Å²) in [6, 6.07) is 18.3. The van der Waals surface area contributed by atoms with Crippen LogP contribution in [0.15, 0.2) is 54.6 Å². The van der Waals surface area contributed by atoms with Gasteiger partial charge in [0.15, 0.2) is 0 Å². The topological polar surface area (TPSA) is 57.3 Å². The Balaban J connectivity index is 1.18. The first kappa shape index (κ1) is 21.5. The minimum Gasteiger partial charge on any atom is -0.492 e. The van der Waals surface area contributed by atoms with Crippen LogP contribution >= 0.6 is 0 Å². The highest BCUT2D eigenvalue weighted by Crippen LogP contribution is 2.16. The number of nitrogens with one attached hydrogen (secondary N) is 1. The van der Waals surface area contributed by atoms with Crippen LogP contribution in [0, 0.1) is 0 Å². The summed E-state index contributed by atoms with van der Waals surface area (Å²) in [6.07, 6.45) is 0. The number of hydrogen-bond donors (Lipinski definition) is 1. The van der Waals surface area contributed by atoms with E-state index in [9.17, 15) is 4.79 Å². The molecule has 2 aromatic carbocycles. The number of urea groups is 1. The highest BCUT2D eigenvalue weighted by molar-refractivity contribution is 5.74. The van der Waals surface area contributed by atoms with Crippen LogP contribution < -0.4 is 15.0 Å². The van der Waals surface area contributed by atoms with E-state index in [1.165, 1.54) is 5.69 Å². The minimum atomic E-state index is -0.00801.